The number of thiocarbonyl (C=S) groups is 1. The van der Waals surface area contributed by atoms with Crippen LogP contribution in [0.2, 0.25) is 0 Å². The molecule has 0 aliphatic rings. The minimum Gasteiger partial charge on any atom is -0.462 e. The SMILES string of the molecule is CCOC(=O)c1cc(-c2ccccc2)sc1NC(=S)Nc1cc(F)ccc1C. The van der Waals surface area contributed by atoms with Crippen LogP contribution in [0.4, 0.5) is 15.1 Å². The van der Waals surface area contributed by atoms with Gasteiger partial charge in [-0.25, -0.2) is 9.18 Å². The van der Waals surface area contributed by atoms with E-state index < -0.39 is 5.97 Å². The van der Waals surface area contributed by atoms with Gasteiger partial charge in [0, 0.05) is 10.6 Å². The summed E-state index contributed by atoms with van der Waals surface area (Å²) >= 11 is 6.77. The van der Waals surface area contributed by atoms with Gasteiger partial charge in [0.2, 0.25) is 0 Å². The van der Waals surface area contributed by atoms with Crippen molar-refractivity contribution in [2.45, 2.75) is 13.8 Å². The van der Waals surface area contributed by atoms with Gasteiger partial charge in [-0.05, 0) is 55.4 Å². The molecule has 4 nitrogen and oxygen atoms in total. The Labute approximate surface area is 172 Å². The van der Waals surface area contributed by atoms with Crippen LogP contribution in [0.5, 0.6) is 0 Å². The summed E-state index contributed by atoms with van der Waals surface area (Å²) in [7, 11) is 0. The second-order valence-corrected chi connectivity index (χ2v) is 7.44. The van der Waals surface area contributed by atoms with Gasteiger partial charge in [-0.15, -0.1) is 11.3 Å². The van der Waals surface area contributed by atoms with E-state index in [0.29, 0.717) is 16.3 Å². The normalized spacial score (nSPS) is 10.4. The highest BCUT2D eigenvalue weighted by atomic mass is 32.1. The third-order valence-electron chi connectivity index (χ3n) is 3.96. The Hall–Kier alpha value is -2.77. The molecule has 0 aliphatic carbocycles. The average Bonchev–Trinajstić information content (AvgIpc) is 3.09. The van der Waals surface area contributed by atoms with Gasteiger partial charge in [-0.3, -0.25) is 0 Å². The summed E-state index contributed by atoms with van der Waals surface area (Å²) in [5.74, 6) is -0.779. The lowest BCUT2D eigenvalue weighted by molar-refractivity contribution is 0.0528. The molecule has 3 rings (SSSR count). The van der Waals surface area contributed by atoms with Crippen molar-refractivity contribution in [1.29, 1.82) is 0 Å². The van der Waals surface area contributed by atoms with Crippen LogP contribution in [-0.2, 0) is 4.74 Å². The molecule has 0 atom stereocenters. The van der Waals surface area contributed by atoms with Crippen molar-refractivity contribution in [2.24, 2.45) is 0 Å². The van der Waals surface area contributed by atoms with Crippen molar-refractivity contribution in [2.75, 3.05) is 17.2 Å². The molecule has 0 amide bonds. The minimum atomic E-state index is -0.423. The van der Waals surface area contributed by atoms with Crippen LogP contribution in [0.3, 0.4) is 0 Å². The molecule has 0 aliphatic heterocycles. The van der Waals surface area contributed by atoms with Crippen molar-refractivity contribution in [3.63, 3.8) is 0 Å². The third-order valence-corrected chi connectivity index (χ3v) is 5.26. The molecule has 1 heterocycles. The molecule has 0 bridgehead atoms. The fraction of sp³-hybridized carbons (Fsp3) is 0.143. The molecule has 1 aromatic heterocycles. The number of anilines is 2. The van der Waals surface area contributed by atoms with Gasteiger partial charge in [0.25, 0.3) is 0 Å². The Balaban J connectivity index is 1.87. The summed E-state index contributed by atoms with van der Waals surface area (Å²) in [5, 5.41) is 6.87. The molecular weight excluding hydrogens is 395 g/mol. The first-order chi connectivity index (χ1) is 13.5. The fourth-order valence-corrected chi connectivity index (χ4v) is 3.91. The molecule has 0 spiro atoms. The zero-order chi connectivity index (χ0) is 20.1. The standard InChI is InChI=1S/C21H19FN2O2S2/c1-3-26-20(25)16-12-18(14-7-5-4-6-8-14)28-19(16)24-21(27)23-17-11-15(22)10-9-13(17)2/h4-12H,3H2,1-2H3,(H2,23,24,27). The van der Waals surface area contributed by atoms with Crippen molar-refractivity contribution >= 4 is 45.3 Å². The lowest BCUT2D eigenvalue weighted by Gasteiger charge is -2.12. The molecule has 2 N–H and O–H groups in total. The first kappa shape index (κ1) is 20.0. The number of hydrogen-bond donors (Lipinski definition) is 2. The highest BCUT2D eigenvalue weighted by Crippen LogP contribution is 2.36. The highest BCUT2D eigenvalue weighted by Gasteiger charge is 2.19. The van der Waals surface area contributed by atoms with Gasteiger partial charge >= 0.3 is 5.97 Å². The van der Waals surface area contributed by atoms with Gasteiger partial charge in [-0.1, -0.05) is 36.4 Å². The Bertz CT molecular complexity index is 1000. The highest BCUT2D eigenvalue weighted by molar-refractivity contribution is 7.80. The fourth-order valence-electron chi connectivity index (χ4n) is 2.57. The maximum Gasteiger partial charge on any atom is 0.341 e. The second kappa shape index (κ2) is 8.95. The second-order valence-electron chi connectivity index (χ2n) is 5.98. The molecule has 7 heteroatoms. The maximum absolute atomic E-state index is 13.5. The Morgan fingerprint density at radius 2 is 1.89 bits per heavy atom. The zero-order valence-corrected chi connectivity index (χ0v) is 17.0. The van der Waals surface area contributed by atoms with E-state index in [-0.39, 0.29) is 17.5 Å². The molecule has 0 saturated heterocycles. The Kier molecular flexibility index (Phi) is 6.38. The lowest BCUT2D eigenvalue weighted by atomic mass is 10.1. The molecule has 2 aromatic carbocycles. The summed E-state index contributed by atoms with van der Waals surface area (Å²) < 4.78 is 18.7. The third kappa shape index (κ3) is 4.74. The van der Waals surface area contributed by atoms with Crippen LogP contribution in [0.25, 0.3) is 10.4 Å². The maximum atomic E-state index is 13.5. The molecule has 0 unspecified atom stereocenters. The number of benzene rings is 2. The number of carbonyl (C=O) groups excluding carboxylic acids is 1. The van der Waals surface area contributed by atoms with Gasteiger partial charge < -0.3 is 15.4 Å². The van der Waals surface area contributed by atoms with Gasteiger partial charge in [0.15, 0.2) is 5.11 Å². The number of esters is 1. The summed E-state index contributed by atoms with van der Waals surface area (Å²) in [4.78, 5) is 13.3. The molecule has 0 radical (unpaired) electrons. The zero-order valence-electron chi connectivity index (χ0n) is 15.4. The minimum absolute atomic E-state index is 0.265. The first-order valence-electron chi connectivity index (χ1n) is 8.68. The first-order valence-corrected chi connectivity index (χ1v) is 9.91. The van der Waals surface area contributed by atoms with E-state index in [1.807, 2.05) is 37.3 Å². The molecular formula is C21H19FN2O2S2. The van der Waals surface area contributed by atoms with E-state index in [9.17, 15) is 9.18 Å². The van der Waals surface area contributed by atoms with Gasteiger partial charge in [0.05, 0.1) is 12.2 Å². The summed E-state index contributed by atoms with van der Waals surface area (Å²) in [6, 6.07) is 16.0. The number of nitrogens with one attached hydrogen (secondary N) is 2. The van der Waals surface area contributed by atoms with Gasteiger partial charge in [0.1, 0.15) is 10.8 Å². The monoisotopic (exact) mass is 414 g/mol. The van der Waals surface area contributed by atoms with Crippen LogP contribution in [0, 0.1) is 12.7 Å². The van der Waals surface area contributed by atoms with Crippen molar-refractivity contribution in [3.05, 3.63) is 71.5 Å². The van der Waals surface area contributed by atoms with Crippen molar-refractivity contribution in [3.8, 4) is 10.4 Å². The van der Waals surface area contributed by atoms with Gasteiger partial charge in [-0.2, -0.15) is 0 Å². The predicted molar refractivity (Wildman–Crippen MR) is 117 cm³/mol. The van der Waals surface area contributed by atoms with E-state index in [1.54, 1.807) is 19.1 Å². The van der Waals surface area contributed by atoms with E-state index in [1.165, 1.54) is 23.5 Å². The predicted octanol–water partition coefficient (Wildman–Crippen LogP) is 5.85. The smallest absolute Gasteiger partial charge is 0.341 e. The number of hydrogen-bond acceptors (Lipinski definition) is 4. The summed E-state index contributed by atoms with van der Waals surface area (Å²) in [5.41, 5.74) is 2.82. The summed E-state index contributed by atoms with van der Waals surface area (Å²) in [6.07, 6.45) is 0. The Morgan fingerprint density at radius 3 is 2.61 bits per heavy atom. The molecule has 28 heavy (non-hydrogen) atoms. The van der Waals surface area contributed by atoms with Crippen LogP contribution in [0.1, 0.15) is 22.8 Å². The number of halogens is 1. The molecule has 3 aromatic rings. The number of carbonyl (C=O) groups is 1. The number of ether oxygens (including phenoxy) is 1. The molecule has 0 fully saturated rings. The van der Waals surface area contributed by atoms with E-state index in [2.05, 4.69) is 10.6 Å². The van der Waals surface area contributed by atoms with Crippen LogP contribution in [0.15, 0.2) is 54.6 Å². The number of rotatable bonds is 5. The van der Waals surface area contributed by atoms with Crippen LogP contribution >= 0.6 is 23.6 Å². The van der Waals surface area contributed by atoms with E-state index in [0.717, 1.165) is 16.0 Å². The van der Waals surface area contributed by atoms with Crippen LogP contribution in [-0.4, -0.2) is 17.7 Å². The molecule has 144 valence electrons. The van der Waals surface area contributed by atoms with Crippen LogP contribution < -0.4 is 10.6 Å². The largest absolute Gasteiger partial charge is 0.462 e. The average molecular weight is 415 g/mol. The lowest BCUT2D eigenvalue weighted by Crippen LogP contribution is -2.20. The van der Waals surface area contributed by atoms with E-state index >= 15 is 0 Å². The topological polar surface area (TPSA) is 50.4 Å². The van der Waals surface area contributed by atoms with Crippen molar-refractivity contribution < 1.29 is 13.9 Å². The molecule has 0 saturated carbocycles. The Morgan fingerprint density at radius 1 is 1.14 bits per heavy atom. The summed E-state index contributed by atoms with van der Waals surface area (Å²) in [6.45, 7) is 3.89. The number of aryl methyl sites for hydroxylation is 1. The quantitative estimate of drug-likeness (QED) is 0.405. The van der Waals surface area contributed by atoms with Crippen molar-refractivity contribution in [1.82, 2.24) is 0 Å². The van der Waals surface area contributed by atoms with E-state index in [4.69, 9.17) is 17.0 Å². The number of thiophene rings is 1.